The van der Waals surface area contributed by atoms with E-state index in [0.29, 0.717) is 5.02 Å². The average molecular weight is 294 g/mol. The van der Waals surface area contributed by atoms with Gasteiger partial charge < -0.3 is 4.74 Å². The second-order valence-electron chi connectivity index (χ2n) is 3.91. The first-order chi connectivity index (χ1) is 9.54. The molecule has 0 amide bonds. The number of pyridine rings is 1. The number of aromatic nitrogens is 3. The van der Waals surface area contributed by atoms with Gasteiger partial charge in [0.2, 0.25) is 0 Å². The molecular weight excluding hydrogens is 282 g/mol. The van der Waals surface area contributed by atoms with Gasteiger partial charge in [-0.15, -0.1) is 0 Å². The summed E-state index contributed by atoms with van der Waals surface area (Å²) in [6.07, 6.45) is 1.52. The van der Waals surface area contributed by atoms with Crippen LogP contribution in [0.25, 0.3) is 5.82 Å². The molecule has 0 bridgehead atoms. The maximum Gasteiger partial charge on any atom is 0.357 e. The molecular formula is C13H12ClN3O3. The van der Waals surface area contributed by atoms with Crippen LogP contribution in [0.3, 0.4) is 0 Å². The van der Waals surface area contributed by atoms with Crippen LogP contribution < -0.4 is 0 Å². The monoisotopic (exact) mass is 293 g/mol. The van der Waals surface area contributed by atoms with Gasteiger partial charge in [0.1, 0.15) is 5.69 Å². The summed E-state index contributed by atoms with van der Waals surface area (Å²) in [4.78, 5) is 27.4. The van der Waals surface area contributed by atoms with Gasteiger partial charge in [0.15, 0.2) is 17.3 Å². The number of carbonyl (C=O) groups excluding carboxylic acids is 2. The minimum Gasteiger partial charge on any atom is -0.461 e. The number of hydrogen-bond donors (Lipinski definition) is 0. The van der Waals surface area contributed by atoms with Gasteiger partial charge in [0.05, 0.1) is 11.6 Å². The summed E-state index contributed by atoms with van der Waals surface area (Å²) in [6.45, 7) is 3.27. The van der Waals surface area contributed by atoms with Gasteiger partial charge in [-0.05, 0) is 19.1 Å². The number of rotatable bonds is 4. The molecule has 2 rings (SSSR count). The zero-order valence-corrected chi connectivity index (χ0v) is 11.7. The maximum atomic E-state index is 11.9. The van der Waals surface area contributed by atoms with Gasteiger partial charge in [-0.3, -0.25) is 4.79 Å². The predicted molar refractivity (Wildman–Crippen MR) is 72.3 cm³/mol. The lowest BCUT2D eigenvalue weighted by Crippen LogP contribution is -2.13. The second-order valence-corrected chi connectivity index (χ2v) is 4.32. The van der Waals surface area contributed by atoms with Crippen LogP contribution in [-0.2, 0) is 4.74 Å². The molecule has 0 saturated carbocycles. The van der Waals surface area contributed by atoms with Crippen molar-refractivity contribution in [3.05, 3.63) is 40.8 Å². The lowest BCUT2D eigenvalue weighted by Gasteiger charge is -2.06. The number of hydrogen-bond acceptors (Lipinski definition) is 5. The van der Waals surface area contributed by atoms with E-state index in [4.69, 9.17) is 16.3 Å². The number of halogens is 1. The highest BCUT2D eigenvalue weighted by molar-refractivity contribution is 6.32. The highest BCUT2D eigenvalue weighted by Crippen LogP contribution is 2.20. The van der Waals surface area contributed by atoms with Crippen molar-refractivity contribution in [3.63, 3.8) is 0 Å². The molecule has 0 aliphatic carbocycles. The van der Waals surface area contributed by atoms with Crippen LogP contribution in [0.15, 0.2) is 24.4 Å². The Balaban J connectivity index is 2.59. The number of esters is 1. The number of carbonyl (C=O) groups is 2. The molecule has 7 heteroatoms. The Morgan fingerprint density at radius 3 is 2.80 bits per heavy atom. The Morgan fingerprint density at radius 2 is 2.20 bits per heavy atom. The number of ketones is 1. The lowest BCUT2D eigenvalue weighted by molar-refractivity contribution is 0.0515. The average Bonchev–Trinajstić information content (AvgIpc) is 2.84. The largest absolute Gasteiger partial charge is 0.461 e. The molecule has 0 aliphatic heterocycles. The number of nitrogens with zero attached hydrogens (tertiary/aromatic N) is 3. The highest BCUT2D eigenvalue weighted by atomic mass is 35.5. The fourth-order valence-electron chi connectivity index (χ4n) is 1.60. The summed E-state index contributed by atoms with van der Waals surface area (Å²) in [5.41, 5.74) is 0.257. The summed E-state index contributed by atoms with van der Waals surface area (Å²) in [5, 5.41) is 4.38. The van der Waals surface area contributed by atoms with Crippen molar-refractivity contribution in [3.8, 4) is 5.82 Å². The van der Waals surface area contributed by atoms with E-state index in [1.807, 2.05) is 0 Å². The molecule has 0 saturated heterocycles. The molecule has 104 valence electrons. The first-order valence-corrected chi connectivity index (χ1v) is 6.31. The molecule has 2 aromatic heterocycles. The SMILES string of the molecule is CCOC(=O)c1cc(C(C)=O)nn1-c1ncccc1Cl. The maximum absolute atomic E-state index is 11.9. The van der Waals surface area contributed by atoms with Crippen molar-refractivity contribution in [1.29, 1.82) is 0 Å². The third kappa shape index (κ3) is 2.70. The normalized spacial score (nSPS) is 10.3. The number of Topliss-reactive ketones (excluding diaryl/α,β-unsaturated/α-hetero) is 1. The Bertz CT molecular complexity index is 667. The van der Waals surface area contributed by atoms with Crippen LogP contribution in [0.5, 0.6) is 0 Å². The van der Waals surface area contributed by atoms with E-state index in [2.05, 4.69) is 10.1 Å². The predicted octanol–water partition coefficient (Wildman–Crippen LogP) is 2.30. The molecule has 6 nitrogen and oxygen atoms in total. The van der Waals surface area contributed by atoms with E-state index >= 15 is 0 Å². The minimum atomic E-state index is -0.589. The first-order valence-electron chi connectivity index (χ1n) is 5.93. The van der Waals surface area contributed by atoms with E-state index in [1.165, 1.54) is 23.9 Å². The van der Waals surface area contributed by atoms with Crippen molar-refractivity contribution in [2.75, 3.05) is 6.61 Å². The Kier molecular flexibility index (Phi) is 4.14. The van der Waals surface area contributed by atoms with Crippen molar-refractivity contribution in [2.45, 2.75) is 13.8 Å². The molecule has 20 heavy (non-hydrogen) atoms. The van der Waals surface area contributed by atoms with E-state index < -0.39 is 5.97 Å². The summed E-state index contributed by atoms with van der Waals surface area (Å²) < 4.78 is 6.16. The zero-order valence-electron chi connectivity index (χ0n) is 11.0. The Labute approximate surface area is 120 Å². The van der Waals surface area contributed by atoms with Crippen LogP contribution in [0, 0.1) is 0 Å². The molecule has 0 aliphatic rings. The van der Waals surface area contributed by atoms with Gasteiger partial charge in [-0.1, -0.05) is 11.6 Å². The summed E-state index contributed by atoms with van der Waals surface area (Å²) in [6, 6.07) is 4.64. The smallest absolute Gasteiger partial charge is 0.357 e. The molecule has 0 spiro atoms. The van der Waals surface area contributed by atoms with Gasteiger partial charge in [0, 0.05) is 19.2 Å². The molecule has 0 atom stereocenters. The summed E-state index contributed by atoms with van der Waals surface area (Å²) >= 11 is 6.04. The number of ether oxygens (including phenoxy) is 1. The Morgan fingerprint density at radius 1 is 1.45 bits per heavy atom. The van der Waals surface area contributed by atoms with E-state index in [-0.39, 0.29) is 29.6 Å². The summed E-state index contributed by atoms with van der Waals surface area (Å²) in [5.74, 6) is -0.583. The first kappa shape index (κ1) is 14.2. The van der Waals surface area contributed by atoms with Crippen molar-refractivity contribution in [1.82, 2.24) is 14.8 Å². The van der Waals surface area contributed by atoms with Crippen LogP contribution in [-0.4, -0.2) is 33.1 Å². The molecule has 0 N–H and O–H groups in total. The fraction of sp³-hybridized carbons (Fsp3) is 0.231. The van der Waals surface area contributed by atoms with Crippen LogP contribution in [0.4, 0.5) is 0 Å². The standard InChI is InChI=1S/C13H12ClN3O3/c1-3-20-13(19)11-7-10(8(2)18)16-17(11)12-9(14)5-4-6-15-12/h4-7H,3H2,1-2H3. The summed E-state index contributed by atoms with van der Waals surface area (Å²) in [7, 11) is 0. The van der Waals surface area contributed by atoms with Crippen LogP contribution in [0.1, 0.15) is 34.8 Å². The van der Waals surface area contributed by atoms with Crippen molar-refractivity contribution >= 4 is 23.4 Å². The highest BCUT2D eigenvalue weighted by Gasteiger charge is 2.21. The van der Waals surface area contributed by atoms with E-state index in [0.717, 1.165) is 0 Å². The van der Waals surface area contributed by atoms with Gasteiger partial charge >= 0.3 is 5.97 Å². The lowest BCUT2D eigenvalue weighted by atomic mass is 10.3. The zero-order chi connectivity index (χ0) is 14.7. The Hall–Kier alpha value is -2.21. The second kappa shape index (κ2) is 5.83. The topological polar surface area (TPSA) is 74.1 Å². The van der Waals surface area contributed by atoms with Gasteiger partial charge in [-0.2, -0.15) is 5.10 Å². The minimum absolute atomic E-state index is 0.109. The van der Waals surface area contributed by atoms with Crippen LogP contribution >= 0.6 is 11.6 Å². The molecule has 0 fully saturated rings. The van der Waals surface area contributed by atoms with E-state index in [1.54, 1.807) is 19.1 Å². The third-order valence-corrected chi connectivity index (χ3v) is 2.79. The van der Waals surface area contributed by atoms with Gasteiger partial charge in [-0.25, -0.2) is 14.5 Å². The molecule has 0 aromatic carbocycles. The quantitative estimate of drug-likeness (QED) is 0.639. The molecule has 0 unspecified atom stereocenters. The van der Waals surface area contributed by atoms with Crippen molar-refractivity contribution < 1.29 is 14.3 Å². The molecule has 2 heterocycles. The third-order valence-electron chi connectivity index (χ3n) is 2.49. The van der Waals surface area contributed by atoms with E-state index in [9.17, 15) is 9.59 Å². The molecule has 0 radical (unpaired) electrons. The molecule has 2 aromatic rings. The fourth-order valence-corrected chi connectivity index (χ4v) is 1.80. The van der Waals surface area contributed by atoms with Crippen LogP contribution in [0.2, 0.25) is 5.02 Å². The van der Waals surface area contributed by atoms with Gasteiger partial charge in [0.25, 0.3) is 0 Å². The van der Waals surface area contributed by atoms with Crippen molar-refractivity contribution in [2.24, 2.45) is 0 Å².